The average Bonchev–Trinajstić information content (AvgIpc) is 2.03. The van der Waals surface area contributed by atoms with E-state index in [4.69, 9.17) is 4.74 Å². The number of aliphatic hydroxyl groups is 1. The van der Waals surface area contributed by atoms with Crippen molar-refractivity contribution in [3.63, 3.8) is 0 Å². The summed E-state index contributed by atoms with van der Waals surface area (Å²) in [7, 11) is 0. The summed E-state index contributed by atoms with van der Waals surface area (Å²) >= 11 is 3.19. The van der Waals surface area contributed by atoms with Crippen molar-refractivity contribution in [2.75, 3.05) is 6.61 Å². The summed E-state index contributed by atoms with van der Waals surface area (Å²) in [5.74, 6) is -0.412. The topological polar surface area (TPSA) is 46.5 Å². The van der Waals surface area contributed by atoms with Crippen LogP contribution in [-0.2, 0) is 9.53 Å². The van der Waals surface area contributed by atoms with Crippen molar-refractivity contribution < 1.29 is 14.6 Å². The van der Waals surface area contributed by atoms with Crippen LogP contribution in [0.2, 0.25) is 0 Å². The highest BCUT2D eigenvalue weighted by Gasteiger charge is 2.40. The Labute approximate surface area is 87.6 Å². The molecule has 0 aromatic heterocycles. The number of alkyl halides is 1. The number of hydrogen-bond donors (Lipinski definition) is 1. The van der Waals surface area contributed by atoms with Crippen LogP contribution in [0.1, 0.15) is 27.7 Å². The van der Waals surface area contributed by atoms with Gasteiger partial charge in [-0.25, -0.2) is 0 Å². The number of esters is 1. The molecule has 4 heteroatoms. The minimum atomic E-state index is -1.00. The van der Waals surface area contributed by atoms with Crippen molar-refractivity contribution in [3.8, 4) is 0 Å². The maximum Gasteiger partial charge on any atom is 0.325 e. The lowest BCUT2D eigenvalue weighted by atomic mass is 9.95. The standard InChI is InChI=1S/C9H17BrO3/c1-5-13-8(12)9(4,10)7(11)6(2)3/h6-7,11H,5H2,1-4H3/t7-,9-/m0/s1. The third-order valence-electron chi connectivity index (χ3n) is 1.86. The first-order valence-electron chi connectivity index (χ1n) is 4.38. The van der Waals surface area contributed by atoms with Gasteiger partial charge in [0.1, 0.15) is 4.32 Å². The molecule has 0 aliphatic carbocycles. The third kappa shape index (κ3) is 3.27. The Morgan fingerprint density at radius 1 is 1.62 bits per heavy atom. The molecule has 0 radical (unpaired) electrons. The molecule has 13 heavy (non-hydrogen) atoms. The fourth-order valence-corrected chi connectivity index (χ4v) is 1.66. The summed E-state index contributed by atoms with van der Waals surface area (Å²) < 4.78 is 3.83. The van der Waals surface area contributed by atoms with Crippen LogP contribution in [0, 0.1) is 5.92 Å². The van der Waals surface area contributed by atoms with Crippen LogP contribution in [0.3, 0.4) is 0 Å². The normalized spacial score (nSPS) is 18.1. The Balaban J connectivity index is 4.45. The van der Waals surface area contributed by atoms with Crippen molar-refractivity contribution in [2.45, 2.75) is 38.1 Å². The number of hydrogen-bond acceptors (Lipinski definition) is 3. The average molecular weight is 253 g/mol. The maximum absolute atomic E-state index is 11.4. The number of ether oxygens (including phenoxy) is 1. The van der Waals surface area contributed by atoms with Gasteiger partial charge in [-0.15, -0.1) is 0 Å². The molecule has 0 rings (SSSR count). The van der Waals surface area contributed by atoms with Crippen LogP contribution in [0.5, 0.6) is 0 Å². The van der Waals surface area contributed by atoms with E-state index in [0.29, 0.717) is 6.61 Å². The Kier molecular flexibility index (Phi) is 4.92. The first kappa shape index (κ1) is 12.9. The monoisotopic (exact) mass is 252 g/mol. The first-order valence-corrected chi connectivity index (χ1v) is 5.17. The van der Waals surface area contributed by atoms with Gasteiger partial charge in [0, 0.05) is 0 Å². The number of aliphatic hydroxyl groups excluding tert-OH is 1. The fourth-order valence-electron chi connectivity index (χ4n) is 1.02. The highest BCUT2D eigenvalue weighted by molar-refractivity contribution is 9.10. The van der Waals surface area contributed by atoms with Crippen molar-refractivity contribution in [1.82, 2.24) is 0 Å². The zero-order chi connectivity index (χ0) is 10.6. The zero-order valence-electron chi connectivity index (χ0n) is 8.50. The van der Waals surface area contributed by atoms with Crippen molar-refractivity contribution in [1.29, 1.82) is 0 Å². The summed E-state index contributed by atoms with van der Waals surface area (Å²) in [4.78, 5) is 11.4. The van der Waals surface area contributed by atoms with Crippen LogP contribution in [-0.4, -0.2) is 28.1 Å². The summed E-state index contributed by atoms with van der Waals surface area (Å²) in [6.07, 6.45) is -0.744. The molecule has 0 saturated heterocycles. The molecule has 0 aromatic rings. The lowest BCUT2D eigenvalue weighted by molar-refractivity contribution is -0.149. The number of halogens is 1. The molecule has 0 spiro atoms. The predicted octanol–water partition coefficient (Wildman–Crippen LogP) is 1.72. The van der Waals surface area contributed by atoms with E-state index in [9.17, 15) is 9.90 Å². The van der Waals surface area contributed by atoms with Gasteiger partial charge in [0.25, 0.3) is 0 Å². The Morgan fingerprint density at radius 2 is 2.08 bits per heavy atom. The van der Waals surface area contributed by atoms with E-state index in [-0.39, 0.29) is 5.92 Å². The summed E-state index contributed by atoms with van der Waals surface area (Å²) in [5.41, 5.74) is 0. The fraction of sp³-hybridized carbons (Fsp3) is 0.889. The molecule has 0 saturated carbocycles. The second-order valence-electron chi connectivity index (χ2n) is 3.48. The Bertz CT molecular complexity index is 178. The predicted molar refractivity (Wildman–Crippen MR) is 54.8 cm³/mol. The number of rotatable bonds is 4. The second-order valence-corrected chi connectivity index (χ2v) is 5.13. The minimum absolute atomic E-state index is 0.00813. The smallest absolute Gasteiger partial charge is 0.325 e. The minimum Gasteiger partial charge on any atom is -0.465 e. The van der Waals surface area contributed by atoms with Crippen molar-refractivity contribution >= 4 is 21.9 Å². The van der Waals surface area contributed by atoms with Gasteiger partial charge >= 0.3 is 5.97 Å². The highest BCUT2D eigenvalue weighted by Crippen LogP contribution is 2.28. The second kappa shape index (κ2) is 4.96. The maximum atomic E-state index is 11.4. The molecule has 1 N–H and O–H groups in total. The van der Waals surface area contributed by atoms with Crippen LogP contribution in [0.25, 0.3) is 0 Å². The SMILES string of the molecule is CCOC(=O)[C@@](C)(Br)[C@@H](O)C(C)C. The van der Waals surface area contributed by atoms with Gasteiger partial charge in [0.05, 0.1) is 12.7 Å². The van der Waals surface area contributed by atoms with E-state index >= 15 is 0 Å². The molecule has 0 heterocycles. The molecule has 2 atom stereocenters. The molecular weight excluding hydrogens is 236 g/mol. The molecule has 0 fully saturated rings. The Morgan fingerprint density at radius 3 is 2.38 bits per heavy atom. The Hall–Kier alpha value is -0.0900. The molecule has 0 amide bonds. The van der Waals surface area contributed by atoms with Crippen LogP contribution >= 0.6 is 15.9 Å². The highest BCUT2D eigenvalue weighted by atomic mass is 79.9. The van der Waals surface area contributed by atoms with Gasteiger partial charge < -0.3 is 9.84 Å². The van der Waals surface area contributed by atoms with Gasteiger partial charge in [-0.3, -0.25) is 4.79 Å². The van der Waals surface area contributed by atoms with E-state index in [1.54, 1.807) is 13.8 Å². The summed E-state index contributed by atoms with van der Waals surface area (Å²) in [6, 6.07) is 0. The largest absolute Gasteiger partial charge is 0.465 e. The van der Waals surface area contributed by atoms with E-state index in [1.807, 2.05) is 13.8 Å². The lowest BCUT2D eigenvalue weighted by Crippen LogP contribution is -2.45. The summed E-state index contributed by atoms with van der Waals surface area (Å²) in [6.45, 7) is 7.38. The molecular formula is C9H17BrO3. The molecule has 0 unspecified atom stereocenters. The quantitative estimate of drug-likeness (QED) is 0.613. The third-order valence-corrected chi connectivity index (χ3v) is 2.65. The van der Waals surface area contributed by atoms with Crippen molar-refractivity contribution in [2.24, 2.45) is 5.92 Å². The van der Waals surface area contributed by atoms with E-state index < -0.39 is 16.4 Å². The van der Waals surface area contributed by atoms with E-state index in [2.05, 4.69) is 15.9 Å². The molecule has 0 bridgehead atoms. The first-order chi connectivity index (χ1) is 5.84. The molecule has 78 valence electrons. The van der Waals surface area contributed by atoms with E-state index in [0.717, 1.165) is 0 Å². The van der Waals surface area contributed by atoms with Crippen LogP contribution in [0.15, 0.2) is 0 Å². The molecule has 0 aliphatic heterocycles. The van der Waals surface area contributed by atoms with E-state index in [1.165, 1.54) is 0 Å². The lowest BCUT2D eigenvalue weighted by Gasteiger charge is -2.28. The van der Waals surface area contributed by atoms with Gasteiger partial charge in [-0.1, -0.05) is 29.8 Å². The zero-order valence-corrected chi connectivity index (χ0v) is 10.1. The summed E-state index contributed by atoms with van der Waals surface area (Å²) in [5, 5.41) is 9.70. The number of carbonyl (C=O) groups is 1. The van der Waals surface area contributed by atoms with Crippen LogP contribution in [0.4, 0.5) is 0 Å². The van der Waals surface area contributed by atoms with Gasteiger partial charge in [-0.05, 0) is 19.8 Å². The van der Waals surface area contributed by atoms with Gasteiger partial charge in [0.2, 0.25) is 0 Å². The molecule has 3 nitrogen and oxygen atoms in total. The van der Waals surface area contributed by atoms with Gasteiger partial charge in [-0.2, -0.15) is 0 Å². The molecule has 0 aromatic carbocycles. The molecule has 0 aliphatic rings. The van der Waals surface area contributed by atoms with Crippen molar-refractivity contribution in [3.05, 3.63) is 0 Å². The van der Waals surface area contributed by atoms with Crippen LogP contribution < -0.4 is 0 Å². The van der Waals surface area contributed by atoms with Gasteiger partial charge in [0.15, 0.2) is 0 Å². The number of carbonyl (C=O) groups excluding carboxylic acids is 1.